The second-order valence-corrected chi connectivity index (χ2v) is 2.84. The summed E-state index contributed by atoms with van der Waals surface area (Å²) in [5.41, 5.74) is 1.12. The van der Waals surface area contributed by atoms with Gasteiger partial charge >= 0.3 is 0 Å². The van der Waals surface area contributed by atoms with Gasteiger partial charge in [0.25, 0.3) is 0 Å². The van der Waals surface area contributed by atoms with Gasteiger partial charge in [0.1, 0.15) is 0 Å². The van der Waals surface area contributed by atoms with Crippen LogP contribution in [0, 0.1) is 0 Å². The van der Waals surface area contributed by atoms with Crippen LogP contribution in [0.5, 0.6) is 0 Å². The summed E-state index contributed by atoms with van der Waals surface area (Å²) in [6.45, 7) is 6.89. The molecule has 0 aliphatic rings. The molecule has 0 atom stereocenters. The summed E-state index contributed by atoms with van der Waals surface area (Å²) in [6, 6.07) is 0. The SMILES string of the molecule is C=C(C)/C=C\CCN(C)C. The van der Waals surface area contributed by atoms with Crippen LogP contribution in [-0.4, -0.2) is 25.5 Å². The number of hydrogen-bond donors (Lipinski definition) is 0. The lowest BCUT2D eigenvalue weighted by Gasteiger charge is -2.05. The lowest BCUT2D eigenvalue weighted by molar-refractivity contribution is 0.417. The Morgan fingerprint density at radius 1 is 1.50 bits per heavy atom. The van der Waals surface area contributed by atoms with E-state index in [0.717, 1.165) is 18.5 Å². The van der Waals surface area contributed by atoms with Gasteiger partial charge in [-0.05, 0) is 27.4 Å². The molecule has 1 heteroatoms. The minimum absolute atomic E-state index is 1.11. The lowest BCUT2D eigenvalue weighted by Crippen LogP contribution is -2.11. The van der Waals surface area contributed by atoms with Gasteiger partial charge in [0.2, 0.25) is 0 Å². The fourth-order valence-electron chi connectivity index (χ4n) is 0.617. The fourth-order valence-corrected chi connectivity index (χ4v) is 0.617. The second kappa shape index (κ2) is 5.24. The average molecular weight is 139 g/mol. The largest absolute Gasteiger partial charge is 0.309 e. The van der Waals surface area contributed by atoms with Crippen molar-refractivity contribution < 1.29 is 0 Å². The van der Waals surface area contributed by atoms with Crippen LogP contribution in [0.1, 0.15) is 13.3 Å². The third kappa shape index (κ3) is 7.44. The van der Waals surface area contributed by atoms with Gasteiger partial charge in [-0.3, -0.25) is 0 Å². The molecule has 0 radical (unpaired) electrons. The Kier molecular flexibility index (Phi) is 4.95. The van der Waals surface area contributed by atoms with Crippen LogP contribution in [0.4, 0.5) is 0 Å². The van der Waals surface area contributed by atoms with Crippen LogP contribution >= 0.6 is 0 Å². The first kappa shape index (κ1) is 9.44. The molecule has 0 aromatic rings. The van der Waals surface area contributed by atoms with Crippen LogP contribution in [0.15, 0.2) is 24.3 Å². The molecule has 0 N–H and O–H groups in total. The van der Waals surface area contributed by atoms with E-state index < -0.39 is 0 Å². The highest BCUT2D eigenvalue weighted by Gasteiger charge is 1.83. The molecule has 0 aromatic carbocycles. The molecule has 0 saturated heterocycles. The lowest BCUT2D eigenvalue weighted by atomic mass is 10.3. The number of hydrogen-bond acceptors (Lipinski definition) is 1. The first-order chi connectivity index (χ1) is 4.63. The standard InChI is InChI=1S/C9H17N/c1-9(2)7-5-6-8-10(3)4/h5,7H,1,6,8H2,2-4H3/b7-5-. The number of nitrogens with zero attached hydrogens (tertiary/aromatic N) is 1. The van der Waals surface area contributed by atoms with E-state index in [0.29, 0.717) is 0 Å². The van der Waals surface area contributed by atoms with E-state index in [1.54, 1.807) is 0 Å². The quantitative estimate of drug-likeness (QED) is 0.539. The fraction of sp³-hybridized carbons (Fsp3) is 0.556. The third-order valence-electron chi connectivity index (χ3n) is 1.15. The average Bonchev–Trinajstić information content (AvgIpc) is 1.79. The molecule has 0 heterocycles. The molecule has 1 nitrogen and oxygen atoms in total. The Hall–Kier alpha value is -0.560. The van der Waals surface area contributed by atoms with Crippen LogP contribution in [-0.2, 0) is 0 Å². The predicted molar refractivity (Wildman–Crippen MR) is 47.1 cm³/mol. The summed E-state index contributed by atoms with van der Waals surface area (Å²) < 4.78 is 0. The first-order valence-corrected chi connectivity index (χ1v) is 3.59. The van der Waals surface area contributed by atoms with E-state index in [2.05, 4.69) is 37.7 Å². The van der Waals surface area contributed by atoms with Gasteiger partial charge in [0.15, 0.2) is 0 Å². The van der Waals surface area contributed by atoms with Gasteiger partial charge in [-0.15, -0.1) is 0 Å². The number of allylic oxidation sites excluding steroid dienone is 2. The molecule has 0 fully saturated rings. The maximum absolute atomic E-state index is 3.77. The molecule has 10 heavy (non-hydrogen) atoms. The smallest absolute Gasteiger partial charge is 0.000992 e. The van der Waals surface area contributed by atoms with Crippen LogP contribution < -0.4 is 0 Å². The van der Waals surface area contributed by atoms with Crippen molar-refractivity contribution >= 4 is 0 Å². The normalized spacial score (nSPS) is 11.2. The molecule has 0 unspecified atom stereocenters. The Balaban J connectivity index is 3.27. The molecular formula is C9H17N. The summed E-state index contributed by atoms with van der Waals surface area (Å²) in [5, 5.41) is 0. The Labute approximate surface area is 64.0 Å². The minimum atomic E-state index is 1.11. The molecule has 0 rings (SSSR count). The molecule has 0 aliphatic heterocycles. The minimum Gasteiger partial charge on any atom is -0.309 e. The number of rotatable bonds is 4. The molecule has 0 amide bonds. The van der Waals surface area contributed by atoms with Crippen molar-refractivity contribution in [2.24, 2.45) is 0 Å². The highest BCUT2D eigenvalue weighted by molar-refractivity contribution is 5.10. The molecule has 58 valence electrons. The summed E-state index contributed by atoms with van der Waals surface area (Å²) in [6.07, 6.45) is 5.33. The molecule has 0 saturated carbocycles. The van der Waals surface area contributed by atoms with E-state index in [-0.39, 0.29) is 0 Å². The van der Waals surface area contributed by atoms with E-state index in [1.165, 1.54) is 0 Å². The molecule has 0 aliphatic carbocycles. The third-order valence-corrected chi connectivity index (χ3v) is 1.15. The van der Waals surface area contributed by atoms with Gasteiger partial charge in [-0.1, -0.05) is 24.3 Å². The summed E-state index contributed by atoms with van der Waals surface area (Å²) in [4.78, 5) is 2.17. The van der Waals surface area contributed by atoms with Crippen molar-refractivity contribution in [1.82, 2.24) is 4.90 Å². The molecule has 0 aromatic heterocycles. The van der Waals surface area contributed by atoms with Crippen molar-refractivity contribution in [2.45, 2.75) is 13.3 Å². The predicted octanol–water partition coefficient (Wildman–Crippen LogP) is 2.07. The Morgan fingerprint density at radius 3 is 2.50 bits per heavy atom. The summed E-state index contributed by atoms with van der Waals surface area (Å²) in [5.74, 6) is 0. The zero-order valence-corrected chi connectivity index (χ0v) is 7.22. The van der Waals surface area contributed by atoms with E-state index in [1.807, 2.05) is 6.92 Å². The molecular weight excluding hydrogens is 122 g/mol. The van der Waals surface area contributed by atoms with Crippen molar-refractivity contribution in [3.05, 3.63) is 24.3 Å². The van der Waals surface area contributed by atoms with Gasteiger partial charge in [0.05, 0.1) is 0 Å². The van der Waals surface area contributed by atoms with Crippen LogP contribution in [0.3, 0.4) is 0 Å². The van der Waals surface area contributed by atoms with Crippen molar-refractivity contribution in [3.8, 4) is 0 Å². The maximum atomic E-state index is 3.77. The van der Waals surface area contributed by atoms with E-state index in [4.69, 9.17) is 0 Å². The highest BCUT2D eigenvalue weighted by atomic mass is 15.0. The van der Waals surface area contributed by atoms with E-state index >= 15 is 0 Å². The van der Waals surface area contributed by atoms with Crippen molar-refractivity contribution in [2.75, 3.05) is 20.6 Å². The maximum Gasteiger partial charge on any atom is 0.000992 e. The second-order valence-electron chi connectivity index (χ2n) is 2.84. The van der Waals surface area contributed by atoms with Crippen molar-refractivity contribution in [3.63, 3.8) is 0 Å². The van der Waals surface area contributed by atoms with Gasteiger partial charge in [-0.25, -0.2) is 0 Å². The first-order valence-electron chi connectivity index (χ1n) is 3.59. The molecule has 0 bridgehead atoms. The highest BCUT2D eigenvalue weighted by Crippen LogP contribution is 1.92. The van der Waals surface area contributed by atoms with Gasteiger partial charge < -0.3 is 4.90 Å². The topological polar surface area (TPSA) is 3.24 Å². The van der Waals surface area contributed by atoms with Gasteiger partial charge in [0, 0.05) is 6.54 Å². The van der Waals surface area contributed by atoms with Crippen molar-refractivity contribution in [1.29, 1.82) is 0 Å². The Morgan fingerprint density at radius 2 is 2.10 bits per heavy atom. The van der Waals surface area contributed by atoms with Gasteiger partial charge in [-0.2, -0.15) is 0 Å². The monoisotopic (exact) mass is 139 g/mol. The van der Waals surface area contributed by atoms with E-state index in [9.17, 15) is 0 Å². The summed E-state index contributed by atoms with van der Waals surface area (Å²) in [7, 11) is 4.16. The summed E-state index contributed by atoms with van der Waals surface area (Å²) >= 11 is 0. The molecule has 0 spiro atoms. The Bertz CT molecular complexity index is 123. The zero-order chi connectivity index (χ0) is 7.98. The van der Waals surface area contributed by atoms with Crippen LogP contribution in [0.2, 0.25) is 0 Å². The zero-order valence-electron chi connectivity index (χ0n) is 7.22. The van der Waals surface area contributed by atoms with Crippen LogP contribution in [0.25, 0.3) is 0 Å².